The molecule has 5 rings (SSSR count). The van der Waals surface area contributed by atoms with E-state index in [1.165, 1.54) is 10.4 Å². The van der Waals surface area contributed by atoms with E-state index >= 15 is 0 Å². The Labute approximate surface area is 199 Å². The van der Waals surface area contributed by atoms with Crippen molar-refractivity contribution in [3.8, 4) is 27.9 Å². The molecule has 0 spiro atoms. The summed E-state index contributed by atoms with van der Waals surface area (Å²) in [5, 5.41) is 4.33. The van der Waals surface area contributed by atoms with E-state index in [0.29, 0.717) is 36.2 Å². The number of fused-ring (bicyclic) bond motifs is 3. The number of rotatable bonds is 8. The van der Waals surface area contributed by atoms with Gasteiger partial charge in [-0.25, -0.2) is 0 Å². The van der Waals surface area contributed by atoms with Crippen LogP contribution in [-0.4, -0.2) is 29.3 Å². The number of thiophene rings is 1. The lowest BCUT2D eigenvalue weighted by Gasteiger charge is -2.14. The van der Waals surface area contributed by atoms with E-state index in [-0.39, 0.29) is 6.04 Å². The van der Waals surface area contributed by atoms with E-state index in [4.69, 9.17) is 25.7 Å². The third-order valence-corrected chi connectivity index (χ3v) is 8.78. The molecule has 7 heteroatoms. The second-order valence-electron chi connectivity index (χ2n) is 10.3. The largest absolute Gasteiger partial charge is 0.493 e. The van der Waals surface area contributed by atoms with Crippen LogP contribution < -0.4 is 16.2 Å². The Morgan fingerprint density at radius 1 is 1.24 bits per heavy atom. The van der Waals surface area contributed by atoms with Gasteiger partial charge in [0.05, 0.1) is 11.5 Å². The Morgan fingerprint density at radius 3 is 2.67 bits per heavy atom. The summed E-state index contributed by atoms with van der Waals surface area (Å²) in [6.07, 6.45) is 2.88. The molecule has 1 fully saturated rings. The van der Waals surface area contributed by atoms with E-state index in [2.05, 4.69) is 51.9 Å². The van der Waals surface area contributed by atoms with Gasteiger partial charge >= 0.3 is 0 Å². The second kappa shape index (κ2) is 8.22. The number of aryl methyl sites for hydroxylation is 3. The molecule has 33 heavy (non-hydrogen) atoms. The average molecular weight is 467 g/mol. The molecule has 1 aromatic carbocycles. The lowest BCUT2D eigenvalue weighted by molar-refractivity contribution is 0.298. The van der Waals surface area contributed by atoms with Gasteiger partial charge in [0.2, 0.25) is 5.82 Å². The Morgan fingerprint density at radius 2 is 1.97 bits per heavy atom. The van der Waals surface area contributed by atoms with Crippen LogP contribution in [0.4, 0.5) is 0 Å². The maximum Gasteiger partial charge on any atom is 0.268 e. The number of hydrogen-bond acceptors (Lipinski definition) is 7. The topological polar surface area (TPSA) is 100 Å². The zero-order chi connectivity index (χ0) is 23.5. The highest BCUT2D eigenvalue weighted by Gasteiger charge is 2.63. The predicted octanol–water partition coefficient (Wildman–Crippen LogP) is 5.13. The fourth-order valence-electron chi connectivity index (χ4n) is 5.68. The van der Waals surface area contributed by atoms with Crippen molar-refractivity contribution in [2.75, 3.05) is 13.2 Å². The molecular weight excluding hydrogens is 432 g/mol. The SMILES string of the molecule is Cc1cc(-c2noc(-c3sc(C)c4c3C[C@@H]3[C@H]4C3(C)C)n2)cc(C)c1OCCCC(N)CN. The quantitative estimate of drug-likeness (QED) is 0.446. The lowest BCUT2D eigenvalue weighted by atomic mass is 9.95. The number of aromatic nitrogens is 2. The monoisotopic (exact) mass is 466 g/mol. The van der Waals surface area contributed by atoms with Gasteiger partial charge in [0.1, 0.15) is 5.75 Å². The zero-order valence-electron chi connectivity index (χ0n) is 20.2. The van der Waals surface area contributed by atoms with Gasteiger partial charge in [-0.2, -0.15) is 4.98 Å². The summed E-state index contributed by atoms with van der Waals surface area (Å²) in [4.78, 5) is 7.36. The minimum Gasteiger partial charge on any atom is -0.493 e. The summed E-state index contributed by atoms with van der Waals surface area (Å²) in [7, 11) is 0. The minimum atomic E-state index is 0.0382. The van der Waals surface area contributed by atoms with E-state index in [9.17, 15) is 0 Å². The molecule has 2 aliphatic carbocycles. The molecule has 2 aromatic heterocycles. The summed E-state index contributed by atoms with van der Waals surface area (Å²) in [5.41, 5.74) is 18.0. The van der Waals surface area contributed by atoms with Gasteiger partial charge in [-0.15, -0.1) is 11.3 Å². The van der Waals surface area contributed by atoms with Crippen LogP contribution in [0.5, 0.6) is 5.75 Å². The van der Waals surface area contributed by atoms with Gasteiger partial charge < -0.3 is 20.7 Å². The fraction of sp³-hybridized carbons (Fsp3) is 0.538. The van der Waals surface area contributed by atoms with Gasteiger partial charge in [0.15, 0.2) is 0 Å². The third-order valence-electron chi connectivity index (χ3n) is 7.63. The number of ether oxygens (including phenoxy) is 1. The minimum absolute atomic E-state index is 0.0382. The number of benzene rings is 1. The number of hydrogen-bond donors (Lipinski definition) is 2. The Bertz CT molecular complexity index is 1170. The van der Waals surface area contributed by atoms with Crippen LogP contribution >= 0.6 is 11.3 Å². The summed E-state index contributed by atoms with van der Waals surface area (Å²) in [6, 6.07) is 4.19. The van der Waals surface area contributed by atoms with Crippen LogP contribution in [0.25, 0.3) is 22.2 Å². The van der Waals surface area contributed by atoms with Crippen molar-refractivity contribution in [3.63, 3.8) is 0 Å². The van der Waals surface area contributed by atoms with Crippen molar-refractivity contribution in [3.05, 3.63) is 39.3 Å². The van der Waals surface area contributed by atoms with Crippen molar-refractivity contribution in [1.82, 2.24) is 10.1 Å². The normalized spacial score (nSPS) is 21.1. The summed E-state index contributed by atoms with van der Waals surface area (Å²) >= 11 is 1.80. The van der Waals surface area contributed by atoms with Gasteiger partial charge in [-0.05, 0) is 91.7 Å². The van der Waals surface area contributed by atoms with Gasteiger partial charge in [-0.3, -0.25) is 0 Å². The zero-order valence-corrected chi connectivity index (χ0v) is 21.0. The van der Waals surface area contributed by atoms with Crippen molar-refractivity contribution in [2.45, 2.75) is 65.8 Å². The van der Waals surface area contributed by atoms with Crippen molar-refractivity contribution in [1.29, 1.82) is 0 Å². The Hall–Kier alpha value is -2.22. The Balaban J connectivity index is 1.34. The van der Waals surface area contributed by atoms with Crippen LogP contribution in [0.15, 0.2) is 16.7 Å². The summed E-state index contributed by atoms with van der Waals surface area (Å²) < 4.78 is 11.8. The molecule has 1 saturated carbocycles. The summed E-state index contributed by atoms with van der Waals surface area (Å²) in [6.45, 7) is 12.3. The molecule has 0 radical (unpaired) electrons. The molecule has 2 aliphatic rings. The van der Waals surface area contributed by atoms with Gasteiger partial charge in [0, 0.05) is 23.0 Å². The van der Waals surface area contributed by atoms with Crippen LogP contribution in [0.1, 0.15) is 59.7 Å². The van der Waals surface area contributed by atoms with Gasteiger partial charge in [0.25, 0.3) is 5.89 Å². The van der Waals surface area contributed by atoms with E-state index < -0.39 is 0 Å². The maximum absolute atomic E-state index is 6.05. The smallest absolute Gasteiger partial charge is 0.268 e. The molecule has 1 unspecified atom stereocenters. The first kappa shape index (κ1) is 22.6. The number of nitrogens with two attached hydrogens (primary N) is 2. The molecule has 2 heterocycles. The standard InChI is InChI=1S/C26H34N4O2S/c1-13-9-16(10-14(2)22(13)31-8-6-7-17(28)12-27)24-29-25(32-30-24)23-18-11-19-21(26(19,4)5)20(18)15(3)33-23/h9-10,17,19,21H,6-8,11-12,27-28H2,1-5H3/t17?,19-,21-/m1/s1. The molecule has 0 saturated heterocycles. The van der Waals surface area contributed by atoms with Crippen LogP contribution in [0.3, 0.4) is 0 Å². The highest BCUT2D eigenvalue weighted by molar-refractivity contribution is 7.15. The summed E-state index contributed by atoms with van der Waals surface area (Å²) in [5.74, 6) is 3.64. The van der Waals surface area contributed by atoms with Crippen molar-refractivity contribution < 1.29 is 9.26 Å². The maximum atomic E-state index is 6.05. The molecule has 4 N–H and O–H groups in total. The highest BCUT2D eigenvalue weighted by Crippen LogP contribution is 2.72. The molecule has 176 valence electrons. The fourth-order valence-corrected chi connectivity index (χ4v) is 6.84. The Kier molecular flexibility index (Phi) is 5.62. The number of nitrogens with zero attached hydrogens (tertiary/aromatic N) is 2. The van der Waals surface area contributed by atoms with Crippen molar-refractivity contribution in [2.24, 2.45) is 22.8 Å². The highest BCUT2D eigenvalue weighted by atomic mass is 32.1. The first-order valence-corrected chi connectivity index (χ1v) is 12.7. The van der Waals surface area contributed by atoms with Crippen LogP contribution in [0.2, 0.25) is 0 Å². The van der Waals surface area contributed by atoms with Crippen LogP contribution in [-0.2, 0) is 6.42 Å². The van der Waals surface area contributed by atoms with Crippen LogP contribution in [0, 0.1) is 32.1 Å². The first-order valence-electron chi connectivity index (χ1n) is 11.9. The molecule has 6 nitrogen and oxygen atoms in total. The molecule has 0 bridgehead atoms. The predicted molar refractivity (Wildman–Crippen MR) is 133 cm³/mol. The molecule has 0 amide bonds. The first-order chi connectivity index (χ1) is 15.7. The van der Waals surface area contributed by atoms with E-state index in [1.807, 2.05) is 0 Å². The molecule has 3 aromatic rings. The molecular formula is C26H34N4O2S. The average Bonchev–Trinajstić information content (AvgIpc) is 3.27. The second-order valence-corrected chi connectivity index (χ2v) is 11.6. The van der Waals surface area contributed by atoms with Gasteiger partial charge in [-0.1, -0.05) is 19.0 Å². The molecule has 0 aliphatic heterocycles. The van der Waals surface area contributed by atoms with E-state index in [0.717, 1.165) is 52.5 Å². The molecule has 3 atom stereocenters. The third kappa shape index (κ3) is 3.80. The lowest BCUT2D eigenvalue weighted by Crippen LogP contribution is -2.29. The van der Waals surface area contributed by atoms with E-state index in [1.54, 1.807) is 16.9 Å². The van der Waals surface area contributed by atoms with Crippen molar-refractivity contribution >= 4 is 11.3 Å².